The molecule has 0 spiro atoms. The Kier molecular flexibility index (Phi) is 5.31. The molecule has 0 amide bonds. The molecule has 2 aromatic rings. The van der Waals surface area contributed by atoms with Crippen LogP contribution in [0.3, 0.4) is 0 Å². The van der Waals surface area contributed by atoms with Crippen molar-refractivity contribution >= 4 is 17.7 Å². The van der Waals surface area contributed by atoms with Crippen molar-refractivity contribution in [3.8, 4) is 0 Å². The van der Waals surface area contributed by atoms with Gasteiger partial charge in [-0.1, -0.05) is 5.16 Å². The van der Waals surface area contributed by atoms with Crippen molar-refractivity contribution in [1.29, 1.82) is 0 Å². The Morgan fingerprint density at radius 1 is 1.37 bits per heavy atom. The van der Waals surface area contributed by atoms with Gasteiger partial charge in [0.05, 0.1) is 25.2 Å². The highest BCUT2D eigenvalue weighted by molar-refractivity contribution is 5.82. The summed E-state index contributed by atoms with van der Waals surface area (Å²) in [7, 11) is 1.87. The van der Waals surface area contributed by atoms with Gasteiger partial charge < -0.3 is 24.2 Å². The summed E-state index contributed by atoms with van der Waals surface area (Å²) in [5.74, 6) is 0.965. The number of hydrogen-bond acceptors (Lipinski definition) is 8. The molecule has 0 bridgehead atoms. The summed E-state index contributed by atoms with van der Waals surface area (Å²) in [6.07, 6.45) is 1.62. The lowest BCUT2D eigenvalue weighted by Crippen LogP contribution is -2.40. The second-order valence-corrected chi connectivity index (χ2v) is 7.22. The van der Waals surface area contributed by atoms with Gasteiger partial charge in [-0.25, -0.2) is 4.98 Å². The standard InChI is InChI=1S/C18H25N5O4/c1-12-9-13(21-27-12)11-22(4)17-19-10-14(18(2,3)16(24)25)15(20-17)23-5-7-26-8-6-23/h9-10H,5-8,11H2,1-4H3,(H,24,25). The van der Waals surface area contributed by atoms with E-state index in [0.29, 0.717) is 50.2 Å². The monoisotopic (exact) mass is 375 g/mol. The zero-order valence-corrected chi connectivity index (χ0v) is 16.1. The lowest BCUT2D eigenvalue weighted by atomic mass is 9.85. The van der Waals surface area contributed by atoms with Gasteiger partial charge in [0, 0.05) is 38.0 Å². The zero-order valence-electron chi connectivity index (χ0n) is 16.1. The van der Waals surface area contributed by atoms with Crippen molar-refractivity contribution in [3.05, 3.63) is 29.3 Å². The zero-order chi connectivity index (χ0) is 19.6. The molecule has 27 heavy (non-hydrogen) atoms. The third kappa shape index (κ3) is 4.02. The van der Waals surface area contributed by atoms with Gasteiger partial charge in [0.15, 0.2) is 0 Å². The number of anilines is 2. The molecule has 1 aliphatic rings. The number of aromatic nitrogens is 3. The fourth-order valence-electron chi connectivity index (χ4n) is 2.93. The van der Waals surface area contributed by atoms with Gasteiger partial charge in [-0.2, -0.15) is 4.98 Å². The highest BCUT2D eigenvalue weighted by Crippen LogP contribution is 2.32. The molecule has 0 unspecified atom stereocenters. The molecule has 1 saturated heterocycles. The fraction of sp³-hybridized carbons (Fsp3) is 0.556. The normalized spacial score (nSPS) is 15.0. The van der Waals surface area contributed by atoms with Crippen molar-refractivity contribution in [2.24, 2.45) is 0 Å². The number of nitrogens with zero attached hydrogens (tertiary/aromatic N) is 5. The Bertz CT molecular complexity index is 814. The maximum absolute atomic E-state index is 11.8. The third-order valence-corrected chi connectivity index (χ3v) is 4.69. The van der Waals surface area contributed by atoms with Gasteiger partial charge in [0.1, 0.15) is 17.3 Å². The first-order valence-electron chi connectivity index (χ1n) is 8.86. The summed E-state index contributed by atoms with van der Waals surface area (Å²) in [5, 5.41) is 13.7. The number of morpholine rings is 1. The Morgan fingerprint density at radius 2 is 2.07 bits per heavy atom. The van der Waals surface area contributed by atoms with E-state index < -0.39 is 11.4 Å². The van der Waals surface area contributed by atoms with E-state index in [2.05, 4.69) is 15.0 Å². The van der Waals surface area contributed by atoms with Crippen LogP contribution in [-0.4, -0.2) is 59.6 Å². The minimum Gasteiger partial charge on any atom is -0.481 e. The largest absolute Gasteiger partial charge is 0.481 e. The van der Waals surface area contributed by atoms with Crippen molar-refractivity contribution in [1.82, 2.24) is 15.1 Å². The predicted molar refractivity (Wildman–Crippen MR) is 99.1 cm³/mol. The summed E-state index contributed by atoms with van der Waals surface area (Å²) in [4.78, 5) is 24.8. The van der Waals surface area contributed by atoms with Gasteiger partial charge in [-0.15, -0.1) is 0 Å². The van der Waals surface area contributed by atoms with E-state index in [0.717, 1.165) is 11.5 Å². The van der Waals surface area contributed by atoms with Gasteiger partial charge in [-0.3, -0.25) is 4.79 Å². The number of hydrogen-bond donors (Lipinski definition) is 1. The molecule has 0 radical (unpaired) electrons. The van der Waals surface area contributed by atoms with Crippen LogP contribution in [0, 0.1) is 6.92 Å². The first-order valence-corrected chi connectivity index (χ1v) is 8.86. The maximum atomic E-state index is 11.8. The molecule has 1 N–H and O–H groups in total. The molecule has 3 rings (SSSR count). The first-order chi connectivity index (χ1) is 12.8. The number of ether oxygens (including phenoxy) is 1. The number of rotatable bonds is 6. The number of carbonyl (C=O) groups is 1. The van der Waals surface area contributed by atoms with Gasteiger partial charge in [0.2, 0.25) is 5.95 Å². The minimum absolute atomic E-state index is 0.488. The lowest BCUT2D eigenvalue weighted by molar-refractivity contribution is -0.142. The van der Waals surface area contributed by atoms with Crippen molar-refractivity contribution in [2.45, 2.75) is 32.7 Å². The van der Waals surface area contributed by atoms with E-state index in [-0.39, 0.29) is 0 Å². The first kappa shape index (κ1) is 19.1. The fourth-order valence-corrected chi connectivity index (χ4v) is 2.93. The van der Waals surface area contributed by atoms with Crippen molar-refractivity contribution in [3.63, 3.8) is 0 Å². The average molecular weight is 375 g/mol. The Labute approximate surface area is 157 Å². The van der Waals surface area contributed by atoms with E-state index in [1.165, 1.54) is 0 Å². The molecule has 9 nitrogen and oxygen atoms in total. The maximum Gasteiger partial charge on any atom is 0.313 e. The van der Waals surface area contributed by atoms with Gasteiger partial charge in [0.25, 0.3) is 0 Å². The number of carboxylic acids is 1. The third-order valence-electron chi connectivity index (χ3n) is 4.69. The predicted octanol–water partition coefficient (Wildman–Crippen LogP) is 1.61. The van der Waals surface area contributed by atoms with Crippen LogP contribution in [0.25, 0.3) is 0 Å². The second-order valence-electron chi connectivity index (χ2n) is 7.22. The number of carboxylic acid groups (broad SMARTS) is 1. The smallest absolute Gasteiger partial charge is 0.313 e. The molecule has 146 valence electrons. The Morgan fingerprint density at radius 3 is 2.67 bits per heavy atom. The van der Waals surface area contributed by atoms with E-state index >= 15 is 0 Å². The van der Waals surface area contributed by atoms with Gasteiger partial charge in [-0.05, 0) is 20.8 Å². The summed E-state index contributed by atoms with van der Waals surface area (Å²) >= 11 is 0. The summed E-state index contributed by atoms with van der Waals surface area (Å²) in [6.45, 7) is 8.14. The van der Waals surface area contributed by atoms with E-state index in [4.69, 9.17) is 14.2 Å². The Hall–Kier alpha value is -2.68. The quantitative estimate of drug-likeness (QED) is 0.806. The lowest BCUT2D eigenvalue weighted by Gasteiger charge is -2.33. The van der Waals surface area contributed by atoms with E-state index in [1.54, 1.807) is 20.0 Å². The van der Waals surface area contributed by atoms with Crippen LogP contribution in [0.1, 0.15) is 30.9 Å². The van der Waals surface area contributed by atoms with Crippen LogP contribution in [0.4, 0.5) is 11.8 Å². The number of aryl methyl sites for hydroxylation is 1. The van der Waals surface area contributed by atoms with Crippen LogP contribution in [0.2, 0.25) is 0 Å². The minimum atomic E-state index is -1.10. The topological polar surface area (TPSA) is 105 Å². The summed E-state index contributed by atoms with van der Waals surface area (Å²) < 4.78 is 10.5. The van der Waals surface area contributed by atoms with Crippen LogP contribution >= 0.6 is 0 Å². The molecule has 1 fully saturated rings. The molecule has 0 aliphatic carbocycles. The van der Waals surface area contributed by atoms with Gasteiger partial charge >= 0.3 is 5.97 Å². The number of aliphatic carboxylic acids is 1. The molecule has 9 heteroatoms. The Balaban J connectivity index is 1.95. The van der Waals surface area contributed by atoms with Crippen LogP contribution in [0.15, 0.2) is 16.8 Å². The molecular formula is C18H25N5O4. The molecule has 2 aromatic heterocycles. The van der Waals surface area contributed by atoms with Crippen molar-refractivity contribution < 1.29 is 19.2 Å². The molecule has 0 aromatic carbocycles. The second kappa shape index (κ2) is 7.51. The van der Waals surface area contributed by atoms with Crippen molar-refractivity contribution in [2.75, 3.05) is 43.2 Å². The molecule has 0 atom stereocenters. The molecular weight excluding hydrogens is 350 g/mol. The highest BCUT2D eigenvalue weighted by Gasteiger charge is 2.35. The SMILES string of the molecule is Cc1cc(CN(C)c2ncc(C(C)(C)C(=O)O)c(N3CCOCC3)n2)no1. The highest BCUT2D eigenvalue weighted by atomic mass is 16.5. The average Bonchev–Trinajstić information content (AvgIpc) is 3.06. The molecule has 3 heterocycles. The van der Waals surface area contributed by atoms with E-state index in [1.807, 2.05) is 24.9 Å². The van der Waals surface area contributed by atoms with E-state index in [9.17, 15) is 9.90 Å². The summed E-state index contributed by atoms with van der Waals surface area (Å²) in [5.41, 5.74) is 0.265. The molecule has 1 aliphatic heterocycles. The van der Waals surface area contributed by atoms with Crippen LogP contribution < -0.4 is 9.80 Å². The van der Waals surface area contributed by atoms with Crippen LogP contribution in [-0.2, 0) is 21.5 Å². The summed E-state index contributed by atoms with van der Waals surface area (Å²) in [6, 6.07) is 1.86. The van der Waals surface area contributed by atoms with Crippen LogP contribution in [0.5, 0.6) is 0 Å². The molecule has 0 saturated carbocycles.